The van der Waals surface area contributed by atoms with Gasteiger partial charge in [-0.1, -0.05) is 39.0 Å². The van der Waals surface area contributed by atoms with Crippen LogP contribution in [0.2, 0.25) is 0 Å². The van der Waals surface area contributed by atoms with Gasteiger partial charge in [-0.25, -0.2) is 13.2 Å². The number of anilines is 1. The van der Waals surface area contributed by atoms with Crippen molar-refractivity contribution < 1.29 is 37.1 Å². The highest BCUT2D eigenvalue weighted by Gasteiger charge is 2.29. The molecule has 0 saturated heterocycles. The van der Waals surface area contributed by atoms with Crippen LogP contribution in [0, 0.1) is 17.3 Å². The monoisotopic (exact) mass is 650 g/mol. The number of sulfone groups is 1. The summed E-state index contributed by atoms with van der Waals surface area (Å²) in [5, 5.41) is 9.01. The molecule has 4 amide bonds. The first kappa shape index (κ1) is 39.3. The van der Waals surface area contributed by atoms with E-state index >= 15 is 0 Å². The van der Waals surface area contributed by atoms with E-state index in [-0.39, 0.29) is 61.7 Å². The Hall–Kier alpha value is -3.74. The molecule has 0 bridgehead atoms. The minimum atomic E-state index is -3.28. The number of nitrogens with one attached hydrogen (secondary N) is 3. The van der Waals surface area contributed by atoms with Crippen molar-refractivity contribution in [2.45, 2.75) is 92.2 Å². The Bertz CT molecular complexity index is 1270. The van der Waals surface area contributed by atoms with Crippen LogP contribution in [0.3, 0.4) is 0 Å². The lowest BCUT2D eigenvalue weighted by Gasteiger charge is -2.24. The van der Waals surface area contributed by atoms with Crippen LogP contribution in [0.4, 0.5) is 10.5 Å². The first-order chi connectivity index (χ1) is 20.9. The Kier molecular flexibility index (Phi) is 16.5. The van der Waals surface area contributed by atoms with E-state index in [2.05, 4.69) is 22.5 Å². The van der Waals surface area contributed by atoms with Crippen LogP contribution in [-0.2, 0) is 40.4 Å². The molecular weight excluding hydrogens is 600 g/mol. The van der Waals surface area contributed by atoms with E-state index in [4.69, 9.17) is 10.5 Å². The summed E-state index contributed by atoms with van der Waals surface area (Å²) in [5.74, 6) is -2.35. The highest BCUT2D eigenvalue weighted by atomic mass is 32.2. The SMILES string of the molecule is C=CS(=O)(=O)CCCCCC(=O)N[C@H](C(=O)C[C@@H](CCCNC(N)=O)C(=O)Nc1ccc(COC(=O)C(C)(C)C)cc1)C(C)C. The second-order valence-corrected chi connectivity index (χ2v) is 14.5. The predicted molar refractivity (Wildman–Crippen MR) is 173 cm³/mol. The molecule has 1 rings (SSSR count). The number of ether oxygens (including phenoxy) is 1. The molecule has 0 aromatic heterocycles. The van der Waals surface area contributed by atoms with Crippen molar-refractivity contribution in [3.63, 3.8) is 0 Å². The van der Waals surface area contributed by atoms with Gasteiger partial charge in [0.05, 0.1) is 17.2 Å². The zero-order chi connectivity index (χ0) is 34.2. The van der Waals surface area contributed by atoms with E-state index in [1.807, 2.05) is 0 Å². The van der Waals surface area contributed by atoms with E-state index in [1.165, 1.54) is 0 Å². The topological polar surface area (TPSA) is 191 Å². The largest absolute Gasteiger partial charge is 0.460 e. The number of rotatable bonds is 20. The molecule has 13 heteroatoms. The van der Waals surface area contributed by atoms with Gasteiger partial charge >= 0.3 is 12.0 Å². The molecular formula is C32H50N4O8S. The van der Waals surface area contributed by atoms with Crippen LogP contribution in [0.5, 0.6) is 0 Å². The summed E-state index contributed by atoms with van der Waals surface area (Å²) >= 11 is 0. The minimum absolute atomic E-state index is 0.0271. The number of nitrogens with two attached hydrogens (primary N) is 1. The quantitative estimate of drug-likeness (QED) is 0.120. The number of hydrogen-bond acceptors (Lipinski definition) is 8. The highest BCUT2D eigenvalue weighted by molar-refractivity contribution is 7.94. The third-order valence-corrected chi connectivity index (χ3v) is 8.33. The summed E-state index contributed by atoms with van der Waals surface area (Å²) in [4.78, 5) is 62.4. The van der Waals surface area contributed by atoms with Crippen molar-refractivity contribution in [3.05, 3.63) is 41.8 Å². The normalized spacial score (nSPS) is 12.9. The summed E-state index contributed by atoms with van der Waals surface area (Å²) in [5.41, 5.74) is 5.75. The molecule has 0 aliphatic carbocycles. The number of amides is 4. The Morgan fingerprint density at radius 3 is 2.20 bits per heavy atom. The molecule has 0 aliphatic heterocycles. The van der Waals surface area contributed by atoms with Gasteiger partial charge in [-0.3, -0.25) is 19.2 Å². The van der Waals surface area contributed by atoms with Crippen LogP contribution in [-0.4, -0.2) is 56.4 Å². The van der Waals surface area contributed by atoms with Gasteiger partial charge in [0.1, 0.15) is 6.61 Å². The van der Waals surface area contributed by atoms with Gasteiger partial charge < -0.3 is 26.4 Å². The van der Waals surface area contributed by atoms with Gasteiger partial charge in [-0.2, -0.15) is 0 Å². The maximum atomic E-state index is 13.4. The van der Waals surface area contributed by atoms with Gasteiger partial charge in [-0.05, 0) is 70.1 Å². The Labute approximate surface area is 267 Å². The lowest BCUT2D eigenvalue weighted by Crippen LogP contribution is -2.45. The van der Waals surface area contributed by atoms with Gasteiger partial charge in [0.15, 0.2) is 15.6 Å². The zero-order valence-corrected chi connectivity index (χ0v) is 28.0. The first-order valence-electron chi connectivity index (χ1n) is 15.2. The number of benzene rings is 1. The number of primary amides is 1. The maximum Gasteiger partial charge on any atom is 0.312 e. The summed E-state index contributed by atoms with van der Waals surface area (Å²) in [6, 6.07) is 5.31. The van der Waals surface area contributed by atoms with Crippen molar-refractivity contribution in [2.24, 2.45) is 23.0 Å². The van der Waals surface area contributed by atoms with Gasteiger partial charge in [0.25, 0.3) is 0 Å². The second kappa shape index (κ2) is 18.9. The van der Waals surface area contributed by atoms with Gasteiger partial charge in [0, 0.05) is 36.4 Å². The molecule has 0 saturated carbocycles. The molecule has 2 atom stereocenters. The van der Waals surface area contributed by atoms with Crippen LogP contribution >= 0.6 is 0 Å². The van der Waals surface area contributed by atoms with Crippen molar-refractivity contribution in [1.82, 2.24) is 10.6 Å². The number of esters is 1. The van der Waals surface area contributed by atoms with Gasteiger partial charge in [-0.15, -0.1) is 0 Å². The molecule has 0 aliphatic rings. The van der Waals surface area contributed by atoms with Crippen molar-refractivity contribution in [3.8, 4) is 0 Å². The standard InChI is InChI=1S/C32H50N4O8S/c1-7-45(42,43)19-10-8-9-13-27(38)36-28(22(2)3)26(37)20-24(12-11-18-34-31(33)41)29(39)35-25-16-14-23(15-17-25)21-44-30(40)32(4,5)6/h7,14-17,22,24,28H,1,8-13,18-21H2,2-6H3,(H,35,39)(H,36,38)(H3,33,34,41)/t24-,28+/m1/s1. The molecule has 252 valence electrons. The molecule has 1 aromatic carbocycles. The summed E-state index contributed by atoms with van der Waals surface area (Å²) < 4.78 is 28.4. The Morgan fingerprint density at radius 1 is 1.00 bits per heavy atom. The van der Waals surface area contributed by atoms with E-state index in [9.17, 15) is 32.4 Å². The summed E-state index contributed by atoms with van der Waals surface area (Å²) in [6.45, 7) is 12.5. The van der Waals surface area contributed by atoms with E-state index in [0.717, 1.165) is 11.0 Å². The van der Waals surface area contributed by atoms with Crippen LogP contribution in [0.15, 0.2) is 36.3 Å². The third kappa shape index (κ3) is 16.2. The van der Waals surface area contributed by atoms with E-state index < -0.39 is 39.2 Å². The Morgan fingerprint density at radius 2 is 1.64 bits per heavy atom. The number of carbonyl (C=O) groups excluding carboxylic acids is 5. The molecule has 0 heterocycles. The summed E-state index contributed by atoms with van der Waals surface area (Å²) in [7, 11) is -3.28. The second-order valence-electron chi connectivity index (χ2n) is 12.4. The number of Topliss-reactive ketones (excluding diaryl/α,β-unsaturated/α-hetero) is 1. The summed E-state index contributed by atoms with van der Waals surface area (Å²) in [6.07, 6.45) is 2.09. The lowest BCUT2D eigenvalue weighted by atomic mass is 9.89. The molecule has 45 heavy (non-hydrogen) atoms. The van der Waals surface area contributed by atoms with Crippen LogP contribution in [0.25, 0.3) is 0 Å². The lowest BCUT2D eigenvalue weighted by molar-refractivity contribution is -0.154. The van der Waals surface area contributed by atoms with Crippen LogP contribution in [0.1, 0.15) is 85.1 Å². The minimum Gasteiger partial charge on any atom is -0.460 e. The number of carbonyl (C=O) groups is 5. The fraction of sp³-hybridized carbons (Fsp3) is 0.594. The molecule has 0 spiro atoms. The molecule has 5 N–H and O–H groups in total. The number of ketones is 1. The average molecular weight is 651 g/mol. The smallest absolute Gasteiger partial charge is 0.312 e. The third-order valence-electron chi connectivity index (χ3n) is 6.97. The van der Waals surface area contributed by atoms with Gasteiger partial charge in [0.2, 0.25) is 11.8 Å². The number of urea groups is 1. The van der Waals surface area contributed by atoms with Crippen molar-refractivity contribution >= 4 is 45.1 Å². The molecule has 0 radical (unpaired) electrons. The maximum absolute atomic E-state index is 13.4. The van der Waals surface area contributed by atoms with E-state index in [1.54, 1.807) is 58.9 Å². The highest BCUT2D eigenvalue weighted by Crippen LogP contribution is 2.21. The molecule has 1 aromatic rings. The number of hydrogen-bond donors (Lipinski definition) is 4. The first-order valence-corrected chi connectivity index (χ1v) is 16.9. The average Bonchev–Trinajstić information content (AvgIpc) is 2.95. The van der Waals surface area contributed by atoms with Crippen molar-refractivity contribution in [1.29, 1.82) is 0 Å². The molecule has 0 fully saturated rings. The van der Waals surface area contributed by atoms with E-state index in [0.29, 0.717) is 31.4 Å². The number of unbranched alkanes of at least 4 members (excludes halogenated alkanes) is 2. The molecule has 12 nitrogen and oxygen atoms in total. The predicted octanol–water partition coefficient (Wildman–Crippen LogP) is 4.00. The Balaban J connectivity index is 2.85. The fourth-order valence-corrected chi connectivity index (χ4v) is 5.04. The van der Waals surface area contributed by atoms with Crippen molar-refractivity contribution in [2.75, 3.05) is 17.6 Å². The van der Waals surface area contributed by atoms with Crippen LogP contribution < -0.4 is 21.7 Å². The molecule has 0 unspecified atom stereocenters. The fourth-order valence-electron chi connectivity index (χ4n) is 4.26. The zero-order valence-electron chi connectivity index (χ0n) is 27.1.